The molecule has 5 heteroatoms. The van der Waals surface area contributed by atoms with Crippen LogP contribution in [0.5, 0.6) is 0 Å². The van der Waals surface area contributed by atoms with Crippen LogP contribution in [-0.4, -0.2) is 42.9 Å². The van der Waals surface area contributed by atoms with Gasteiger partial charge in [0.15, 0.2) is 0 Å². The zero-order chi connectivity index (χ0) is 25.9. The smallest absolute Gasteiger partial charge is 0.232 e. The van der Waals surface area contributed by atoms with E-state index in [1.165, 1.54) is 5.56 Å². The summed E-state index contributed by atoms with van der Waals surface area (Å²) in [7, 11) is 0. The van der Waals surface area contributed by atoms with Crippen LogP contribution in [-0.2, 0) is 9.59 Å². The molecule has 4 rings (SSSR count). The van der Waals surface area contributed by atoms with Crippen LogP contribution in [0, 0.1) is 0 Å². The summed E-state index contributed by atoms with van der Waals surface area (Å²) in [5, 5.41) is 6.20. The first-order valence-corrected chi connectivity index (χ1v) is 13.6. The summed E-state index contributed by atoms with van der Waals surface area (Å²) in [4.78, 5) is 27.6. The van der Waals surface area contributed by atoms with Gasteiger partial charge in [0.25, 0.3) is 0 Å². The van der Waals surface area contributed by atoms with Crippen molar-refractivity contribution in [3.05, 3.63) is 102 Å². The molecule has 0 saturated carbocycles. The van der Waals surface area contributed by atoms with Gasteiger partial charge in [0, 0.05) is 18.7 Å². The van der Waals surface area contributed by atoms with Crippen LogP contribution < -0.4 is 10.6 Å². The molecule has 2 N–H and O–H groups in total. The number of anilines is 1. The van der Waals surface area contributed by atoms with Crippen molar-refractivity contribution in [3.63, 3.8) is 0 Å². The van der Waals surface area contributed by atoms with Crippen LogP contribution in [0.3, 0.4) is 0 Å². The lowest BCUT2D eigenvalue weighted by atomic mass is 9.89. The highest BCUT2D eigenvalue weighted by atomic mass is 16.2. The number of carbonyl (C=O) groups excluding carboxylic acids is 2. The van der Waals surface area contributed by atoms with Crippen molar-refractivity contribution in [2.24, 2.45) is 0 Å². The van der Waals surface area contributed by atoms with Gasteiger partial charge < -0.3 is 15.5 Å². The van der Waals surface area contributed by atoms with E-state index in [1.54, 1.807) is 0 Å². The maximum atomic E-state index is 13.2. The largest absolute Gasteiger partial charge is 0.355 e. The second kappa shape index (κ2) is 13.8. The van der Waals surface area contributed by atoms with E-state index < -0.39 is 0 Å². The molecule has 194 valence electrons. The van der Waals surface area contributed by atoms with Crippen molar-refractivity contribution in [2.45, 2.75) is 50.9 Å². The number of hydrogen-bond acceptors (Lipinski definition) is 3. The predicted octanol–water partition coefficient (Wildman–Crippen LogP) is 5.94. The Hall–Kier alpha value is -3.44. The first-order valence-electron chi connectivity index (χ1n) is 13.6. The number of carbonyl (C=O) groups is 2. The fraction of sp³-hybridized carbons (Fsp3) is 0.375. The third-order valence-corrected chi connectivity index (χ3v) is 7.18. The van der Waals surface area contributed by atoms with Gasteiger partial charge in [-0.3, -0.25) is 9.59 Å². The molecule has 37 heavy (non-hydrogen) atoms. The van der Waals surface area contributed by atoms with Crippen molar-refractivity contribution >= 4 is 17.5 Å². The summed E-state index contributed by atoms with van der Waals surface area (Å²) in [6.45, 7) is 5.79. The topological polar surface area (TPSA) is 61.4 Å². The second-order valence-electron chi connectivity index (χ2n) is 9.94. The van der Waals surface area contributed by atoms with Gasteiger partial charge in [-0.15, -0.1) is 0 Å². The van der Waals surface area contributed by atoms with Crippen molar-refractivity contribution < 1.29 is 9.59 Å². The number of nitrogens with one attached hydrogen (secondary N) is 2. The molecule has 0 bridgehead atoms. The van der Waals surface area contributed by atoms with Gasteiger partial charge in [-0.1, -0.05) is 79.7 Å². The maximum Gasteiger partial charge on any atom is 0.232 e. The maximum absolute atomic E-state index is 13.2. The molecular weight excluding hydrogens is 458 g/mol. The van der Waals surface area contributed by atoms with E-state index in [0.717, 1.165) is 62.1 Å². The lowest BCUT2D eigenvalue weighted by Gasteiger charge is -2.32. The molecule has 0 atom stereocenters. The Balaban J connectivity index is 1.22. The monoisotopic (exact) mass is 497 g/mol. The Morgan fingerprint density at radius 3 is 2.16 bits per heavy atom. The van der Waals surface area contributed by atoms with Gasteiger partial charge in [-0.25, -0.2) is 0 Å². The summed E-state index contributed by atoms with van der Waals surface area (Å²) in [6, 6.07) is 28.3. The quantitative estimate of drug-likeness (QED) is 0.322. The summed E-state index contributed by atoms with van der Waals surface area (Å²) in [5.74, 6) is 0.375. The predicted molar refractivity (Wildman–Crippen MR) is 151 cm³/mol. The molecule has 1 heterocycles. The molecule has 1 aliphatic rings. The minimum absolute atomic E-state index is 0.0574. The molecular formula is C32H39N3O2. The van der Waals surface area contributed by atoms with Crippen LogP contribution in [0.25, 0.3) is 0 Å². The molecule has 2 amide bonds. The number of amides is 2. The summed E-state index contributed by atoms with van der Waals surface area (Å²) in [5.41, 5.74) is 4.25. The minimum atomic E-state index is -0.291. The first-order chi connectivity index (χ1) is 18.1. The number of nitrogens with zero attached hydrogens (tertiary/aromatic N) is 1. The Morgan fingerprint density at radius 2 is 1.54 bits per heavy atom. The molecule has 1 saturated heterocycles. The van der Waals surface area contributed by atoms with Crippen LogP contribution in [0.15, 0.2) is 84.9 Å². The lowest BCUT2D eigenvalue weighted by molar-refractivity contribution is -0.121. The van der Waals surface area contributed by atoms with Gasteiger partial charge in [-0.05, 0) is 80.1 Å². The van der Waals surface area contributed by atoms with Crippen molar-refractivity contribution in [2.75, 3.05) is 31.5 Å². The van der Waals surface area contributed by atoms with E-state index in [-0.39, 0.29) is 17.7 Å². The first kappa shape index (κ1) is 26.6. The number of likely N-dealkylation sites (tertiary alicyclic amines) is 1. The summed E-state index contributed by atoms with van der Waals surface area (Å²) < 4.78 is 0. The standard InChI is InChI=1S/C32H39N3O2/c1-2-11-30(36)34-29-17-9-16-28(24-29)25-18-22-35(23-19-25)21-10-20-33-32(37)31(26-12-5-3-6-13-26)27-14-7-4-8-15-27/h3-9,12-17,24-25,31H,2,10-11,18-23H2,1H3,(H,33,37)(H,34,36). The van der Waals surface area contributed by atoms with Gasteiger partial charge in [0.05, 0.1) is 5.92 Å². The van der Waals surface area contributed by atoms with E-state index in [4.69, 9.17) is 0 Å². The number of piperidine rings is 1. The highest BCUT2D eigenvalue weighted by molar-refractivity contribution is 5.90. The molecule has 0 unspecified atom stereocenters. The number of benzene rings is 3. The van der Waals surface area contributed by atoms with Gasteiger partial charge in [-0.2, -0.15) is 0 Å². The van der Waals surface area contributed by atoms with Crippen molar-refractivity contribution in [1.29, 1.82) is 0 Å². The average Bonchev–Trinajstić information content (AvgIpc) is 2.93. The molecule has 5 nitrogen and oxygen atoms in total. The molecule has 3 aromatic rings. The van der Waals surface area contributed by atoms with Crippen molar-refractivity contribution in [3.8, 4) is 0 Å². The number of rotatable bonds is 11. The Morgan fingerprint density at radius 1 is 0.892 bits per heavy atom. The second-order valence-corrected chi connectivity index (χ2v) is 9.94. The number of hydrogen-bond donors (Lipinski definition) is 2. The molecule has 0 aromatic heterocycles. The SMILES string of the molecule is CCCC(=O)Nc1cccc(C2CCN(CCCNC(=O)C(c3ccccc3)c3ccccc3)CC2)c1. The van der Waals surface area contributed by atoms with Crippen LogP contribution in [0.2, 0.25) is 0 Å². The zero-order valence-electron chi connectivity index (χ0n) is 21.9. The molecule has 1 aliphatic heterocycles. The zero-order valence-corrected chi connectivity index (χ0v) is 21.9. The van der Waals surface area contributed by atoms with E-state index in [9.17, 15) is 9.59 Å². The van der Waals surface area contributed by atoms with E-state index in [1.807, 2.05) is 79.7 Å². The fourth-order valence-electron chi connectivity index (χ4n) is 5.21. The van der Waals surface area contributed by atoms with Crippen LogP contribution in [0.4, 0.5) is 5.69 Å². The third-order valence-electron chi connectivity index (χ3n) is 7.18. The minimum Gasteiger partial charge on any atom is -0.355 e. The molecule has 3 aromatic carbocycles. The van der Waals surface area contributed by atoms with Gasteiger partial charge in [0.2, 0.25) is 11.8 Å². The highest BCUT2D eigenvalue weighted by Crippen LogP contribution is 2.30. The summed E-state index contributed by atoms with van der Waals surface area (Å²) >= 11 is 0. The fourth-order valence-corrected chi connectivity index (χ4v) is 5.21. The molecule has 1 fully saturated rings. The Bertz CT molecular complexity index is 1090. The Kier molecular flexibility index (Phi) is 9.89. The average molecular weight is 498 g/mol. The lowest BCUT2D eigenvalue weighted by Crippen LogP contribution is -2.36. The Labute approximate surface area is 221 Å². The van der Waals surface area contributed by atoms with Crippen molar-refractivity contribution in [1.82, 2.24) is 10.2 Å². The molecule has 0 aliphatic carbocycles. The van der Waals surface area contributed by atoms with E-state index in [0.29, 0.717) is 18.9 Å². The molecule has 0 radical (unpaired) electrons. The van der Waals surface area contributed by atoms with Crippen LogP contribution >= 0.6 is 0 Å². The van der Waals surface area contributed by atoms with Gasteiger partial charge in [0.1, 0.15) is 0 Å². The van der Waals surface area contributed by atoms with Crippen LogP contribution in [0.1, 0.15) is 67.6 Å². The highest BCUT2D eigenvalue weighted by Gasteiger charge is 2.23. The third kappa shape index (κ3) is 7.77. The summed E-state index contributed by atoms with van der Waals surface area (Å²) in [6.07, 6.45) is 4.58. The normalized spacial score (nSPS) is 14.4. The molecule has 0 spiro atoms. The van der Waals surface area contributed by atoms with E-state index in [2.05, 4.69) is 27.7 Å². The van der Waals surface area contributed by atoms with Gasteiger partial charge >= 0.3 is 0 Å². The van der Waals surface area contributed by atoms with E-state index >= 15 is 0 Å².